The average Bonchev–Trinajstić information content (AvgIpc) is 2.53. The summed E-state index contributed by atoms with van der Waals surface area (Å²) in [5.41, 5.74) is 3.67. The molecule has 1 heterocycles. The monoisotopic (exact) mass is 346 g/mol. The van der Waals surface area contributed by atoms with Gasteiger partial charge in [-0.3, -0.25) is 4.98 Å². The van der Waals surface area contributed by atoms with Gasteiger partial charge in [0.05, 0.1) is 5.69 Å². The molecule has 1 aromatic carbocycles. The third kappa shape index (κ3) is 3.27. The van der Waals surface area contributed by atoms with Gasteiger partial charge in [0.25, 0.3) is 0 Å². The zero-order valence-corrected chi connectivity index (χ0v) is 13.7. The molecule has 2 aromatic rings. The Morgan fingerprint density at radius 3 is 3.00 bits per heavy atom. The molecule has 0 saturated carbocycles. The molecule has 4 heteroatoms. The van der Waals surface area contributed by atoms with Gasteiger partial charge in [0, 0.05) is 16.7 Å². The van der Waals surface area contributed by atoms with E-state index in [2.05, 4.69) is 44.4 Å². The fourth-order valence-corrected chi connectivity index (χ4v) is 3.13. The lowest BCUT2D eigenvalue weighted by molar-refractivity contribution is 0.295. The SMILES string of the molecule is CNC1CCCc2c(OCc3ccc(Br)cn3)cccc21. The van der Waals surface area contributed by atoms with Crippen molar-refractivity contribution in [3.8, 4) is 5.75 Å². The van der Waals surface area contributed by atoms with Gasteiger partial charge >= 0.3 is 0 Å². The lowest BCUT2D eigenvalue weighted by atomic mass is 9.87. The first-order valence-electron chi connectivity index (χ1n) is 7.30. The highest BCUT2D eigenvalue weighted by Gasteiger charge is 2.21. The number of hydrogen-bond acceptors (Lipinski definition) is 3. The molecule has 0 amide bonds. The molecule has 1 aliphatic rings. The quantitative estimate of drug-likeness (QED) is 0.907. The minimum Gasteiger partial charge on any atom is -0.487 e. The van der Waals surface area contributed by atoms with Crippen molar-refractivity contribution in [3.05, 3.63) is 57.8 Å². The number of halogens is 1. The van der Waals surface area contributed by atoms with Crippen LogP contribution in [0.3, 0.4) is 0 Å². The summed E-state index contributed by atoms with van der Waals surface area (Å²) in [7, 11) is 2.03. The van der Waals surface area contributed by atoms with Crippen molar-refractivity contribution >= 4 is 15.9 Å². The van der Waals surface area contributed by atoms with Gasteiger partial charge in [0.2, 0.25) is 0 Å². The van der Waals surface area contributed by atoms with Gasteiger partial charge < -0.3 is 10.1 Å². The van der Waals surface area contributed by atoms with Crippen LogP contribution in [0.25, 0.3) is 0 Å². The minimum absolute atomic E-state index is 0.447. The predicted octanol–water partition coefficient (Wildman–Crippen LogP) is 4.02. The number of pyridine rings is 1. The van der Waals surface area contributed by atoms with E-state index >= 15 is 0 Å². The van der Waals surface area contributed by atoms with Gasteiger partial charge in [0.1, 0.15) is 12.4 Å². The van der Waals surface area contributed by atoms with Crippen molar-refractivity contribution in [1.29, 1.82) is 0 Å². The van der Waals surface area contributed by atoms with Crippen LogP contribution in [0.15, 0.2) is 41.0 Å². The molecule has 1 aromatic heterocycles. The molecule has 0 saturated heterocycles. The van der Waals surface area contributed by atoms with Gasteiger partial charge in [0.15, 0.2) is 0 Å². The molecule has 1 unspecified atom stereocenters. The number of rotatable bonds is 4. The summed E-state index contributed by atoms with van der Waals surface area (Å²) < 4.78 is 7.00. The predicted molar refractivity (Wildman–Crippen MR) is 87.4 cm³/mol. The lowest BCUT2D eigenvalue weighted by Crippen LogP contribution is -2.22. The third-order valence-electron chi connectivity index (χ3n) is 3.98. The zero-order valence-electron chi connectivity index (χ0n) is 12.1. The van der Waals surface area contributed by atoms with Gasteiger partial charge in [-0.1, -0.05) is 12.1 Å². The molecule has 1 atom stereocenters. The molecular weight excluding hydrogens is 328 g/mol. The smallest absolute Gasteiger partial charge is 0.130 e. The Morgan fingerprint density at radius 2 is 2.24 bits per heavy atom. The van der Waals surface area contributed by atoms with Gasteiger partial charge in [-0.25, -0.2) is 0 Å². The highest BCUT2D eigenvalue weighted by molar-refractivity contribution is 9.10. The highest BCUT2D eigenvalue weighted by atomic mass is 79.9. The van der Waals surface area contributed by atoms with Crippen molar-refractivity contribution in [2.75, 3.05) is 7.05 Å². The number of benzene rings is 1. The average molecular weight is 347 g/mol. The fraction of sp³-hybridized carbons (Fsp3) is 0.353. The Hall–Kier alpha value is -1.39. The second-order valence-electron chi connectivity index (χ2n) is 5.31. The summed E-state index contributed by atoms with van der Waals surface area (Å²) in [5.74, 6) is 0.997. The van der Waals surface area contributed by atoms with Crippen LogP contribution >= 0.6 is 15.9 Å². The first-order valence-corrected chi connectivity index (χ1v) is 8.09. The first kappa shape index (κ1) is 14.5. The van der Waals surface area contributed by atoms with Crippen molar-refractivity contribution < 1.29 is 4.74 Å². The summed E-state index contributed by atoms with van der Waals surface area (Å²) in [5, 5.41) is 3.39. The molecular formula is C17H19BrN2O. The topological polar surface area (TPSA) is 34.1 Å². The molecule has 0 fully saturated rings. The Bertz CT molecular complexity index is 613. The van der Waals surface area contributed by atoms with Crippen molar-refractivity contribution in [2.24, 2.45) is 0 Å². The molecule has 0 spiro atoms. The largest absolute Gasteiger partial charge is 0.487 e. The molecule has 21 heavy (non-hydrogen) atoms. The van der Waals surface area contributed by atoms with E-state index in [1.165, 1.54) is 24.0 Å². The zero-order chi connectivity index (χ0) is 14.7. The van der Waals surface area contributed by atoms with E-state index in [0.717, 1.165) is 22.3 Å². The molecule has 1 N–H and O–H groups in total. The Kier molecular flexibility index (Phi) is 4.56. The molecule has 3 rings (SSSR count). The molecule has 110 valence electrons. The maximum absolute atomic E-state index is 6.02. The normalized spacial score (nSPS) is 17.3. The van der Waals surface area contributed by atoms with Crippen LogP contribution in [0.1, 0.15) is 35.7 Å². The van der Waals surface area contributed by atoms with Crippen LogP contribution in [-0.2, 0) is 13.0 Å². The van der Waals surface area contributed by atoms with E-state index in [9.17, 15) is 0 Å². The summed E-state index contributed by atoms with van der Waals surface area (Å²) in [4.78, 5) is 4.35. The number of hydrogen-bond donors (Lipinski definition) is 1. The van der Waals surface area contributed by atoms with Gasteiger partial charge in [-0.2, -0.15) is 0 Å². The first-order chi connectivity index (χ1) is 10.3. The lowest BCUT2D eigenvalue weighted by Gasteiger charge is -2.26. The van der Waals surface area contributed by atoms with Crippen LogP contribution in [0, 0.1) is 0 Å². The van der Waals surface area contributed by atoms with Crippen LogP contribution in [-0.4, -0.2) is 12.0 Å². The second-order valence-corrected chi connectivity index (χ2v) is 6.23. The molecule has 1 aliphatic carbocycles. The Labute approximate surface area is 133 Å². The van der Waals surface area contributed by atoms with E-state index in [4.69, 9.17) is 4.74 Å². The number of nitrogens with zero attached hydrogens (tertiary/aromatic N) is 1. The van der Waals surface area contributed by atoms with Crippen LogP contribution in [0.5, 0.6) is 5.75 Å². The molecule has 0 aliphatic heterocycles. The van der Waals surface area contributed by atoms with E-state index in [1.807, 2.05) is 19.2 Å². The molecule has 3 nitrogen and oxygen atoms in total. The van der Waals surface area contributed by atoms with Crippen LogP contribution in [0.2, 0.25) is 0 Å². The van der Waals surface area contributed by atoms with E-state index in [0.29, 0.717) is 12.6 Å². The van der Waals surface area contributed by atoms with Gasteiger partial charge in [-0.15, -0.1) is 0 Å². The number of nitrogens with one attached hydrogen (secondary N) is 1. The van der Waals surface area contributed by atoms with E-state index in [1.54, 1.807) is 6.20 Å². The second kappa shape index (κ2) is 6.58. The molecule has 0 radical (unpaired) electrons. The number of aromatic nitrogens is 1. The minimum atomic E-state index is 0.447. The Morgan fingerprint density at radius 1 is 1.33 bits per heavy atom. The van der Waals surface area contributed by atoms with Crippen LogP contribution in [0.4, 0.5) is 0 Å². The third-order valence-corrected chi connectivity index (χ3v) is 4.45. The van der Waals surface area contributed by atoms with Gasteiger partial charge in [-0.05, 0) is 71.6 Å². The number of fused-ring (bicyclic) bond motifs is 1. The van der Waals surface area contributed by atoms with Crippen molar-refractivity contribution in [3.63, 3.8) is 0 Å². The number of ether oxygens (including phenoxy) is 1. The van der Waals surface area contributed by atoms with Crippen molar-refractivity contribution in [1.82, 2.24) is 10.3 Å². The molecule has 0 bridgehead atoms. The fourth-order valence-electron chi connectivity index (χ4n) is 2.89. The highest BCUT2D eigenvalue weighted by Crippen LogP contribution is 2.35. The maximum Gasteiger partial charge on any atom is 0.130 e. The summed E-state index contributed by atoms with van der Waals surface area (Å²) >= 11 is 3.39. The summed E-state index contributed by atoms with van der Waals surface area (Å²) in [6, 6.07) is 10.8. The maximum atomic E-state index is 6.02. The Balaban J connectivity index is 1.78. The van der Waals surface area contributed by atoms with E-state index in [-0.39, 0.29) is 0 Å². The standard InChI is InChI=1S/C17H19BrN2O/c1-19-16-6-2-5-15-14(16)4-3-7-17(15)21-11-13-9-8-12(18)10-20-13/h3-4,7-10,16,19H,2,5-6,11H2,1H3. The van der Waals surface area contributed by atoms with Crippen molar-refractivity contribution in [2.45, 2.75) is 31.9 Å². The van der Waals surface area contributed by atoms with E-state index < -0.39 is 0 Å². The van der Waals surface area contributed by atoms with Crippen LogP contribution < -0.4 is 10.1 Å². The summed E-state index contributed by atoms with van der Waals surface area (Å²) in [6.07, 6.45) is 5.30. The summed E-state index contributed by atoms with van der Waals surface area (Å²) in [6.45, 7) is 0.508.